The molecule has 0 aliphatic carbocycles. The fourth-order valence-electron chi connectivity index (χ4n) is 1.08. The third kappa shape index (κ3) is 2.93. The average molecular weight is 244 g/mol. The van der Waals surface area contributed by atoms with Crippen LogP contribution in [0.15, 0.2) is 12.1 Å². The Morgan fingerprint density at radius 3 is 2.65 bits per heavy atom. The minimum atomic E-state index is -4.65. The number of aromatic nitrogens is 1. The van der Waals surface area contributed by atoms with E-state index in [4.69, 9.17) is 5.26 Å². The number of carbonyl (C=O) groups excluding carboxylic acids is 1. The van der Waals surface area contributed by atoms with Crippen molar-refractivity contribution in [2.45, 2.75) is 13.1 Å². The third-order valence-electron chi connectivity index (χ3n) is 1.79. The molecule has 4 nitrogen and oxygen atoms in total. The van der Waals surface area contributed by atoms with Gasteiger partial charge in [0.15, 0.2) is 5.69 Å². The Hall–Kier alpha value is -2.10. The highest BCUT2D eigenvalue weighted by Crippen LogP contribution is 2.28. The van der Waals surface area contributed by atoms with E-state index in [1.807, 2.05) is 0 Å². The normalized spacial score (nSPS) is 10.8. The van der Waals surface area contributed by atoms with E-state index in [0.717, 1.165) is 6.07 Å². The molecular weight excluding hydrogens is 237 g/mol. The molecule has 0 aromatic carbocycles. The quantitative estimate of drug-likeness (QED) is 0.748. The summed E-state index contributed by atoms with van der Waals surface area (Å²) in [5.41, 5.74) is -2.09. The summed E-state index contributed by atoms with van der Waals surface area (Å²) >= 11 is 0. The average Bonchev–Trinajstić information content (AvgIpc) is 2.27. The Morgan fingerprint density at radius 2 is 2.18 bits per heavy atom. The number of hydrogen-bond acceptors (Lipinski definition) is 4. The Morgan fingerprint density at radius 1 is 1.53 bits per heavy atom. The van der Waals surface area contributed by atoms with E-state index < -0.39 is 23.5 Å². The molecule has 0 unspecified atom stereocenters. The van der Waals surface area contributed by atoms with Crippen LogP contribution in [0.2, 0.25) is 0 Å². The van der Waals surface area contributed by atoms with Crippen LogP contribution in [0.4, 0.5) is 13.2 Å². The number of rotatable bonds is 2. The summed E-state index contributed by atoms with van der Waals surface area (Å²) in [4.78, 5) is 14.4. The van der Waals surface area contributed by atoms with E-state index in [0.29, 0.717) is 6.07 Å². The summed E-state index contributed by atoms with van der Waals surface area (Å²) in [5.74, 6) is -0.870. The molecule has 17 heavy (non-hydrogen) atoms. The highest BCUT2D eigenvalue weighted by atomic mass is 19.4. The van der Waals surface area contributed by atoms with Crippen LogP contribution >= 0.6 is 0 Å². The minimum Gasteiger partial charge on any atom is -0.462 e. The number of carbonyl (C=O) groups is 1. The second-order valence-corrected chi connectivity index (χ2v) is 2.92. The van der Waals surface area contributed by atoms with Crippen molar-refractivity contribution >= 4 is 5.97 Å². The van der Waals surface area contributed by atoms with E-state index in [1.54, 1.807) is 6.92 Å². The summed E-state index contributed by atoms with van der Waals surface area (Å²) in [7, 11) is 0. The van der Waals surface area contributed by atoms with Gasteiger partial charge in [0.05, 0.1) is 12.2 Å². The molecule has 90 valence electrons. The maximum atomic E-state index is 12.3. The number of hydrogen-bond donors (Lipinski definition) is 0. The van der Waals surface area contributed by atoms with Gasteiger partial charge in [-0.15, -0.1) is 0 Å². The number of alkyl halides is 3. The number of halogens is 3. The molecule has 0 aliphatic rings. The highest BCUT2D eigenvalue weighted by molar-refractivity contribution is 5.91. The van der Waals surface area contributed by atoms with Gasteiger partial charge in [-0.25, -0.2) is 9.78 Å². The molecular formula is C10H7F3N2O2. The molecule has 0 atom stereocenters. The summed E-state index contributed by atoms with van der Waals surface area (Å²) in [6.07, 6.45) is -4.65. The molecule has 7 heteroatoms. The van der Waals surface area contributed by atoms with Gasteiger partial charge >= 0.3 is 12.1 Å². The van der Waals surface area contributed by atoms with Crippen molar-refractivity contribution in [1.29, 1.82) is 5.26 Å². The maximum absolute atomic E-state index is 12.3. The van der Waals surface area contributed by atoms with Crippen LogP contribution in [0.1, 0.15) is 28.7 Å². The lowest BCUT2D eigenvalue weighted by Crippen LogP contribution is -2.13. The number of nitriles is 1. The second kappa shape index (κ2) is 4.82. The molecule has 0 aliphatic heterocycles. The van der Waals surface area contributed by atoms with Gasteiger partial charge in [-0.3, -0.25) is 0 Å². The van der Waals surface area contributed by atoms with Crippen LogP contribution in [0.5, 0.6) is 0 Å². The predicted molar refractivity (Wildman–Crippen MR) is 49.9 cm³/mol. The maximum Gasteiger partial charge on any atom is 0.433 e. The fraction of sp³-hybridized carbons (Fsp3) is 0.300. The number of pyridine rings is 1. The number of nitrogens with zero attached hydrogens (tertiary/aromatic N) is 2. The monoisotopic (exact) mass is 244 g/mol. The van der Waals surface area contributed by atoms with Crippen molar-refractivity contribution in [3.63, 3.8) is 0 Å². The Kier molecular flexibility index (Phi) is 3.68. The molecule has 0 N–H and O–H groups in total. The van der Waals surface area contributed by atoms with Crippen molar-refractivity contribution in [1.82, 2.24) is 4.98 Å². The summed E-state index contributed by atoms with van der Waals surface area (Å²) in [5, 5.41) is 8.64. The van der Waals surface area contributed by atoms with Gasteiger partial charge in [0.2, 0.25) is 0 Å². The minimum absolute atomic E-state index is 0.0602. The summed E-state index contributed by atoms with van der Waals surface area (Å²) in [6, 6.07) is 2.95. The van der Waals surface area contributed by atoms with Crippen molar-refractivity contribution in [2.75, 3.05) is 6.61 Å². The lowest BCUT2D eigenvalue weighted by Gasteiger charge is -2.08. The Labute approximate surface area is 94.6 Å². The Bertz CT molecular complexity index is 477. The molecule has 0 amide bonds. The van der Waals surface area contributed by atoms with Gasteiger partial charge in [0.25, 0.3) is 0 Å². The van der Waals surface area contributed by atoms with E-state index in [-0.39, 0.29) is 12.2 Å². The SMILES string of the molecule is CCOC(=O)c1ccc(C(F)(F)F)nc1C#N. The summed E-state index contributed by atoms with van der Waals surface area (Å²) in [6.45, 7) is 1.60. The standard InChI is InChI=1S/C10H7F3N2O2/c1-2-17-9(16)6-3-4-8(10(11,12)13)15-7(6)5-14/h3-4H,2H2,1H3. The van der Waals surface area contributed by atoms with Crippen LogP contribution in [-0.2, 0) is 10.9 Å². The predicted octanol–water partition coefficient (Wildman–Crippen LogP) is 2.15. The van der Waals surface area contributed by atoms with Crippen molar-refractivity contribution in [3.8, 4) is 6.07 Å². The van der Waals surface area contributed by atoms with E-state index in [1.165, 1.54) is 6.07 Å². The topological polar surface area (TPSA) is 63.0 Å². The van der Waals surface area contributed by atoms with E-state index in [2.05, 4.69) is 9.72 Å². The molecule has 1 rings (SSSR count). The van der Waals surface area contributed by atoms with Gasteiger partial charge < -0.3 is 4.74 Å². The Balaban J connectivity index is 3.20. The van der Waals surface area contributed by atoms with Crippen LogP contribution in [0, 0.1) is 11.3 Å². The first-order chi connectivity index (χ1) is 7.90. The first kappa shape index (κ1) is 13.0. The third-order valence-corrected chi connectivity index (χ3v) is 1.79. The summed E-state index contributed by atoms with van der Waals surface area (Å²) < 4.78 is 41.5. The number of esters is 1. The van der Waals surface area contributed by atoms with Crippen molar-refractivity contribution < 1.29 is 22.7 Å². The van der Waals surface area contributed by atoms with Crippen LogP contribution < -0.4 is 0 Å². The van der Waals surface area contributed by atoms with Crippen LogP contribution in [-0.4, -0.2) is 17.6 Å². The van der Waals surface area contributed by atoms with Crippen molar-refractivity contribution in [2.24, 2.45) is 0 Å². The van der Waals surface area contributed by atoms with E-state index >= 15 is 0 Å². The van der Waals surface area contributed by atoms with Crippen molar-refractivity contribution in [3.05, 3.63) is 29.1 Å². The van der Waals surface area contributed by atoms with Crippen LogP contribution in [0.25, 0.3) is 0 Å². The van der Waals surface area contributed by atoms with E-state index in [9.17, 15) is 18.0 Å². The highest BCUT2D eigenvalue weighted by Gasteiger charge is 2.33. The first-order valence-corrected chi connectivity index (χ1v) is 4.55. The zero-order chi connectivity index (χ0) is 13.1. The van der Waals surface area contributed by atoms with Gasteiger partial charge in [-0.05, 0) is 19.1 Å². The molecule has 1 aromatic heterocycles. The molecule has 0 bridgehead atoms. The van der Waals surface area contributed by atoms with Crippen LogP contribution in [0.3, 0.4) is 0 Å². The molecule has 0 radical (unpaired) electrons. The van der Waals surface area contributed by atoms with Gasteiger partial charge in [0, 0.05) is 0 Å². The zero-order valence-corrected chi connectivity index (χ0v) is 8.71. The van der Waals surface area contributed by atoms with Gasteiger partial charge in [-0.1, -0.05) is 0 Å². The molecule has 1 aromatic rings. The molecule has 0 saturated carbocycles. The number of ether oxygens (including phenoxy) is 1. The first-order valence-electron chi connectivity index (χ1n) is 4.55. The second-order valence-electron chi connectivity index (χ2n) is 2.92. The molecule has 1 heterocycles. The lowest BCUT2D eigenvalue weighted by atomic mass is 10.2. The fourth-order valence-corrected chi connectivity index (χ4v) is 1.08. The van der Waals surface area contributed by atoms with Gasteiger partial charge in [-0.2, -0.15) is 18.4 Å². The van der Waals surface area contributed by atoms with Gasteiger partial charge in [0.1, 0.15) is 11.8 Å². The zero-order valence-electron chi connectivity index (χ0n) is 8.71. The molecule has 0 saturated heterocycles. The molecule has 0 spiro atoms. The lowest BCUT2D eigenvalue weighted by molar-refractivity contribution is -0.141. The molecule has 0 fully saturated rings. The smallest absolute Gasteiger partial charge is 0.433 e. The largest absolute Gasteiger partial charge is 0.462 e.